The van der Waals surface area contributed by atoms with Crippen LogP contribution in [0.4, 0.5) is 11.4 Å². The maximum atomic E-state index is 10.8. The molecule has 2 N–H and O–H groups in total. The van der Waals surface area contributed by atoms with E-state index in [1.807, 2.05) is 19.9 Å². The second kappa shape index (κ2) is 6.58. The van der Waals surface area contributed by atoms with E-state index in [1.165, 1.54) is 0 Å². The molecule has 2 aromatic carbocycles. The number of rotatable bonds is 4. The standard InChI is InChI=1S/C15H14Br2N2O2/c1-8(2)11-7-10(3-4-14(11)19-20)21-15-12(16)5-9(18)6-13(15)17/h3-8H,18H2,1-2H3. The van der Waals surface area contributed by atoms with Crippen molar-refractivity contribution in [2.24, 2.45) is 5.18 Å². The number of nitrogens with two attached hydrogens (primary N) is 1. The molecule has 0 heterocycles. The van der Waals surface area contributed by atoms with Crippen LogP contribution in [0.3, 0.4) is 0 Å². The molecule has 0 aliphatic heterocycles. The lowest BCUT2D eigenvalue weighted by Gasteiger charge is -2.13. The molecule has 0 radical (unpaired) electrons. The molecule has 0 fully saturated rings. The number of hydrogen-bond donors (Lipinski definition) is 1. The minimum absolute atomic E-state index is 0.180. The minimum Gasteiger partial charge on any atom is -0.455 e. The first-order valence-corrected chi connectivity index (χ1v) is 7.90. The Kier molecular flexibility index (Phi) is 5.00. The van der Waals surface area contributed by atoms with Crippen LogP contribution >= 0.6 is 31.9 Å². The molecule has 0 aliphatic rings. The second-order valence-electron chi connectivity index (χ2n) is 4.88. The summed E-state index contributed by atoms with van der Waals surface area (Å²) in [7, 11) is 0. The van der Waals surface area contributed by atoms with Crippen LogP contribution in [0, 0.1) is 4.91 Å². The van der Waals surface area contributed by atoms with Gasteiger partial charge in [-0.1, -0.05) is 13.8 Å². The van der Waals surface area contributed by atoms with E-state index in [0.717, 1.165) is 14.5 Å². The van der Waals surface area contributed by atoms with Crippen LogP contribution in [0.15, 0.2) is 44.5 Å². The number of halogens is 2. The molecule has 0 amide bonds. The Morgan fingerprint density at radius 2 is 1.76 bits per heavy atom. The van der Waals surface area contributed by atoms with E-state index >= 15 is 0 Å². The maximum absolute atomic E-state index is 10.8. The summed E-state index contributed by atoms with van der Waals surface area (Å²) in [4.78, 5) is 10.8. The topological polar surface area (TPSA) is 64.7 Å². The fraction of sp³-hybridized carbons (Fsp3) is 0.200. The van der Waals surface area contributed by atoms with Crippen molar-refractivity contribution in [3.8, 4) is 11.5 Å². The lowest BCUT2D eigenvalue weighted by atomic mass is 10.0. The SMILES string of the molecule is CC(C)c1cc(Oc2c(Br)cc(N)cc2Br)ccc1N=O. The number of benzene rings is 2. The highest BCUT2D eigenvalue weighted by atomic mass is 79.9. The highest BCUT2D eigenvalue weighted by Crippen LogP contribution is 2.40. The predicted octanol–water partition coefficient (Wildman–Crippen LogP) is 6.11. The average molecular weight is 414 g/mol. The van der Waals surface area contributed by atoms with Crippen molar-refractivity contribution < 1.29 is 4.74 Å². The fourth-order valence-electron chi connectivity index (χ4n) is 1.94. The molecule has 0 bridgehead atoms. The van der Waals surface area contributed by atoms with Crippen molar-refractivity contribution >= 4 is 43.2 Å². The van der Waals surface area contributed by atoms with Crippen LogP contribution in [0.25, 0.3) is 0 Å². The summed E-state index contributed by atoms with van der Waals surface area (Å²) in [5.41, 5.74) is 7.68. The van der Waals surface area contributed by atoms with Gasteiger partial charge in [0.15, 0.2) is 5.75 Å². The van der Waals surface area contributed by atoms with Gasteiger partial charge in [-0.05, 0) is 78.8 Å². The third-order valence-electron chi connectivity index (χ3n) is 2.96. The molecule has 110 valence electrons. The van der Waals surface area contributed by atoms with Crippen molar-refractivity contribution in [2.75, 3.05) is 5.73 Å². The van der Waals surface area contributed by atoms with E-state index in [-0.39, 0.29) is 5.92 Å². The smallest absolute Gasteiger partial charge is 0.155 e. The van der Waals surface area contributed by atoms with Gasteiger partial charge in [0.05, 0.1) is 8.95 Å². The first-order chi connectivity index (χ1) is 9.92. The fourth-order valence-corrected chi connectivity index (χ4v) is 3.32. The number of nitrogen functional groups attached to an aromatic ring is 1. The van der Waals surface area contributed by atoms with E-state index in [2.05, 4.69) is 37.0 Å². The Balaban J connectivity index is 2.41. The van der Waals surface area contributed by atoms with Crippen molar-refractivity contribution in [1.82, 2.24) is 0 Å². The van der Waals surface area contributed by atoms with Gasteiger partial charge in [0.2, 0.25) is 0 Å². The first kappa shape index (κ1) is 16.0. The van der Waals surface area contributed by atoms with E-state index in [0.29, 0.717) is 22.9 Å². The molecule has 21 heavy (non-hydrogen) atoms. The minimum atomic E-state index is 0.180. The van der Waals surface area contributed by atoms with Crippen molar-refractivity contribution in [2.45, 2.75) is 19.8 Å². The van der Waals surface area contributed by atoms with Gasteiger partial charge in [0.1, 0.15) is 11.4 Å². The predicted molar refractivity (Wildman–Crippen MR) is 92.3 cm³/mol. The van der Waals surface area contributed by atoms with Crippen LogP contribution in [0.5, 0.6) is 11.5 Å². The van der Waals surface area contributed by atoms with Gasteiger partial charge in [0.25, 0.3) is 0 Å². The Bertz CT molecular complexity index is 664. The van der Waals surface area contributed by atoms with E-state index in [4.69, 9.17) is 10.5 Å². The largest absolute Gasteiger partial charge is 0.455 e. The molecular formula is C15H14Br2N2O2. The summed E-state index contributed by atoms with van der Waals surface area (Å²) in [5, 5.41) is 3.05. The monoisotopic (exact) mass is 412 g/mol. The molecule has 0 saturated heterocycles. The van der Waals surface area contributed by atoms with Gasteiger partial charge < -0.3 is 10.5 Å². The van der Waals surface area contributed by atoms with Gasteiger partial charge in [-0.15, -0.1) is 4.91 Å². The molecule has 4 nitrogen and oxygen atoms in total. The number of hydrogen-bond acceptors (Lipinski definition) is 4. The quantitative estimate of drug-likeness (QED) is 0.485. The van der Waals surface area contributed by atoms with Crippen LogP contribution < -0.4 is 10.5 Å². The van der Waals surface area contributed by atoms with Crippen LogP contribution in [0.2, 0.25) is 0 Å². The molecular weight excluding hydrogens is 400 g/mol. The van der Waals surface area contributed by atoms with Crippen LogP contribution in [-0.2, 0) is 0 Å². The summed E-state index contributed by atoms with van der Waals surface area (Å²) in [6, 6.07) is 8.75. The zero-order valence-corrected chi connectivity index (χ0v) is 14.7. The van der Waals surface area contributed by atoms with Gasteiger partial charge in [-0.25, -0.2) is 0 Å². The number of anilines is 1. The van der Waals surface area contributed by atoms with Gasteiger partial charge in [-0.2, -0.15) is 0 Å². The molecule has 0 aliphatic carbocycles. The Labute approximate surface area is 139 Å². The molecule has 0 unspecified atom stereocenters. The van der Waals surface area contributed by atoms with Gasteiger partial charge >= 0.3 is 0 Å². The van der Waals surface area contributed by atoms with Gasteiger partial charge in [-0.3, -0.25) is 0 Å². The van der Waals surface area contributed by atoms with E-state index in [9.17, 15) is 4.91 Å². The summed E-state index contributed by atoms with van der Waals surface area (Å²) in [6.07, 6.45) is 0. The Morgan fingerprint density at radius 3 is 2.29 bits per heavy atom. The maximum Gasteiger partial charge on any atom is 0.155 e. The summed E-state index contributed by atoms with van der Waals surface area (Å²) in [6.45, 7) is 4.01. The van der Waals surface area contributed by atoms with Crippen LogP contribution in [-0.4, -0.2) is 0 Å². The summed E-state index contributed by atoms with van der Waals surface area (Å²) < 4.78 is 7.39. The van der Waals surface area contributed by atoms with Crippen molar-refractivity contribution in [3.05, 3.63) is 49.7 Å². The molecule has 0 aromatic heterocycles. The molecule has 2 rings (SSSR count). The normalized spacial score (nSPS) is 10.7. The number of ether oxygens (including phenoxy) is 1. The lowest BCUT2D eigenvalue weighted by molar-refractivity contribution is 0.475. The third-order valence-corrected chi connectivity index (χ3v) is 4.14. The Hall–Kier alpha value is -1.40. The van der Waals surface area contributed by atoms with E-state index in [1.54, 1.807) is 24.3 Å². The molecule has 0 saturated carbocycles. The summed E-state index contributed by atoms with van der Waals surface area (Å²) in [5.74, 6) is 1.45. The lowest BCUT2D eigenvalue weighted by Crippen LogP contribution is -1.93. The van der Waals surface area contributed by atoms with Crippen molar-refractivity contribution in [1.29, 1.82) is 0 Å². The molecule has 2 aromatic rings. The number of nitroso groups, excluding NO2 is 1. The first-order valence-electron chi connectivity index (χ1n) is 6.32. The second-order valence-corrected chi connectivity index (χ2v) is 6.59. The molecule has 0 atom stereocenters. The van der Waals surface area contributed by atoms with Gasteiger partial charge in [0, 0.05) is 5.69 Å². The van der Waals surface area contributed by atoms with E-state index < -0.39 is 0 Å². The highest BCUT2D eigenvalue weighted by Gasteiger charge is 2.13. The molecule has 6 heteroatoms. The Morgan fingerprint density at radius 1 is 1.14 bits per heavy atom. The van der Waals surface area contributed by atoms with Crippen molar-refractivity contribution in [3.63, 3.8) is 0 Å². The molecule has 0 spiro atoms. The zero-order valence-electron chi connectivity index (χ0n) is 11.6. The third kappa shape index (κ3) is 3.63. The average Bonchev–Trinajstić information content (AvgIpc) is 2.42. The summed E-state index contributed by atoms with van der Waals surface area (Å²) >= 11 is 6.85. The zero-order chi connectivity index (χ0) is 15.6. The number of nitrogens with zero attached hydrogens (tertiary/aromatic N) is 1. The highest BCUT2D eigenvalue weighted by molar-refractivity contribution is 9.11. The van der Waals surface area contributed by atoms with Crippen LogP contribution in [0.1, 0.15) is 25.3 Å².